The summed E-state index contributed by atoms with van der Waals surface area (Å²) in [6.07, 6.45) is -1.30. The third kappa shape index (κ3) is 2.95. The van der Waals surface area contributed by atoms with Crippen LogP contribution in [-0.4, -0.2) is 40.9 Å². The summed E-state index contributed by atoms with van der Waals surface area (Å²) in [5.74, 6) is 0.0687. The van der Waals surface area contributed by atoms with Crippen molar-refractivity contribution in [3.05, 3.63) is 45.7 Å². The van der Waals surface area contributed by atoms with Crippen LogP contribution in [0.1, 0.15) is 24.5 Å². The molecular formula is C16H15F2NO6. The monoisotopic (exact) mass is 355 g/mol. The summed E-state index contributed by atoms with van der Waals surface area (Å²) in [4.78, 5) is 21.7. The second-order valence-corrected chi connectivity index (χ2v) is 5.97. The van der Waals surface area contributed by atoms with Crippen LogP contribution >= 0.6 is 0 Å². The van der Waals surface area contributed by atoms with Gasteiger partial charge in [-0.25, -0.2) is 8.78 Å². The lowest BCUT2D eigenvalue weighted by atomic mass is 9.87. The van der Waals surface area contributed by atoms with E-state index in [1.807, 2.05) is 0 Å². The van der Waals surface area contributed by atoms with Crippen molar-refractivity contribution in [1.29, 1.82) is 0 Å². The number of allylic oxidation sites excluding steroid dienone is 2. The number of carbonyl (C=O) groups excluding carboxylic acids is 1. The molecule has 25 heavy (non-hydrogen) atoms. The topological polar surface area (TPSA) is 98.9 Å². The molecule has 0 unspecified atom stereocenters. The molecule has 1 aliphatic heterocycles. The lowest BCUT2D eigenvalue weighted by molar-refractivity contribution is -0.385. The minimum Gasteiger partial charge on any atom is -0.487 e. The molecule has 1 aromatic rings. The SMILES string of the molecule is O=C1C=C(O[C@H]2c3cc([N+](=O)[O-])ccc3OC(CF)(CF)[C@@H]2O)CC1. The Kier molecular flexibility index (Phi) is 4.42. The van der Waals surface area contributed by atoms with Crippen LogP contribution in [0.4, 0.5) is 14.5 Å². The number of benzene rings is 1. The van der Waals surface area contributed by atoms with Crippen molar-refractivity contribution in [2.24, 2.45) is 0 Å². The first-order valence-electron chi connectivity index (χ1n) is 7.57. The molecule has 0 aromatic heterocycles. The normalized spacial score (nSPS) is 24.3. The third-order valence-electron chi connectivity index (χ3n) is 4.32. The molecule has 134 valence electrons. The predicted molar refractivity (Wildman–Crippen MR) is 80.6 cm³/mol. The maximum Gasteiger partial charge on any atom is 0.270 e. The number of nitro benzene ring substituents is 1. The van der Waals surface area contributed by atoms with E-state index in [9.17, 15) is 28.8 Å². The van der Waals surface area contributed by atoms with Crippen LogP contribution in [0.2, 0.25) is 0 Å². The number of nitro groups is 1. The Labute approximate surface area is 141 Å². The maximum atomic E-state index is 13.5. The van der Waals surface area contributed by atoms with E-state index in [2.05, 4.69) is 0 Å². The van der Waals surface area contributed by atoms with Gasteiger partial charge in [0.25, 0.3) is 5.69 Å². The predicted octanol–water partition coefficient (Wildman–Crippen LogP) is 2.33. The average molecular weight is 355 g/mol. The fourth-order valence-electron chi connectivity index (χ4n) is 2.89. The molecule has 0 spiro atoms. The molecule has 0 bridgehead atoms. The fourth-order valence-corrected chi connectivity index (χ4v) is 2.89. The highest BCUT2D eigenvalue weighted by molar-refractivity contribution is 5.92. The van der Waals surface area contributed by atoms with Crippen LogP contribution < -0.4 is 4.74 Å². The molecule has 3 rings (SSSR count). The molecule has 0 fully saturated rings. The summed E-state index contributed by atoms with van der Waals surface area (Å²) in [5.41, 5.74) is -2.36. The number of non-ortho nitro benzene ring substituents is 1. The van der Waals surface area contributed by atoms with Crippen molar-refractivity contribution in [3.8, 4) is 5.75 Å². The Morgan fingerprint density at radius 3 is 2.64 bits per heavy atom. The highest BCUT2D eigenvalue weighted by atomic mass is 19.1. The van der Waals surface area contributed by atoms with Gasteiger partial charge in [-0.3, -0.25) is 14.9 Å². The smallest absolute Gasteiger partial charge is 0.270 e. The van der Waals surface area contributed by atoms with Crippen molar-refractivity contribution >= 4 is 11.5 Å². The van der Waals surface area contributed by atoms with Gasteiger partial charge < -0.3 is 14.6 Å². The summed E-state index contributed by atoms with van der Waals surface area (Å²) in [6, 6.07) is 3.47. The van der Waals surface area contributed by atoms with Gasteiger partial charge in [-0.05, 0) is 6.07 Å². The van der Waals surface area contributed by atoms with Gasteiger partial charge in [0, 0.05) is 36.6 Å². The Balaban J connectivity index is 2.06. The lowest BCUT2D eigenvalue weighted by Crippen LogP contribution is -2.57. The van der Waals surface area contributed by atoms with Gasteiger partial charge in [-0.1, -0.05) is 0 Å². The maximum absolute atomic E-state index is 13.5. The molecule has 2 atom stereocenters. The zero-order chi connectivity index (χ0) is 18.2. The molecule has 0 saturated carbocycles. The summed E-state index contributed by atoms with van der Waals surface area (Å²) in [6.45, 7) is -2.64. The average Bonchev–Trinajstić information content (AvgIpc) is 3.01. The van der Waals surface area contributed by atoms with E-state index < -0.39 is 36.1 Å². The van der Waals surface area contributed by atoms with Gasteiger partial charge >= 0.3 is 0 Å². The van der Waals surface area contributed by atoms with E-state index in [0.29, 0.717) is 0 Å². The Bertz CT molecular complexity index is 746. The van der Waals surface area contributed by atoms with Crippen molar-refractivity contribution in [2.75, 3.05) is 13.3 Å². The number of hydrogen-bond donors (Lipinski definition) is 1. The Morgan fingerprint density at radius 2 is 2.08 bits per heavy atom. The van der Waals surface area contributed by atoms with Crippen LogP contribution in [0.15, 0.2) is 30.0 Å². The molecule has 1 aliphatic carbocycles. The molecule has 7 nitrogen and oxygen atoms in total. The summed E-state index contributed by atoms with van der Waals surface area (Å²) < 4.78 is 37.9. The molecule has 0 radical (unpaired) electrons. The van der Waals surface area contributed by atoms with Gasteiger partial charge in [0.1, 0.15) is 31.0 Å². The van der Waals surface area contributed by atoms with Crippen molar-refractivity contribution in [2.45, 2.75) is 30.7 Å². The second-order valence-electron chi connectivity index (χ2n) is 5.97. The number of hydrogen-bond acceptors (Lipinski definition) is 6. The van der Waals surface area contributed by atoms with E-state index in [0.717, 1.165) is 12.1 Å². The standard InChI is InChI=1S/C16H15F2NO6/c17-7-16(8-18)15(21)14(24-11-3-2-10(20)6-11)12-5-9(19(22)23)1-4-13(12)25-16/h1,4-6,14-15,21H,2-3,7-8H2/t14-,15+/m0/s1. The van der Waals surface area contributed by atoms with E-state index in [1.165, 1.54) is 12.1 Å². The Morgan fingerprint density at radius 1 is 1.36 bits per heavy atom. The van der Waals surface area contributed by atoms with E-state index >= 15 is 0 Å². The van der Waals surface area contributed by atoms with Crippen molar-refractivity contribution in [3.63, 3.8) is 0 Å². The number of aliphatic hydroxyl groups is 1. The number of halogens is 2. The summed E-state index contributed by atoms with van der Waals surface area (Å²) in [5, 5.41) is 21.5. The summed E-state index contributed by atoms with van der Waals surface area (Å²) in [7, 11) is 0. The zero-order valence-electron chi connectivity index (χ0n) is 13.0. The van der Waals surface area contributed by atoms with Gasteiger partial charge in [0.15, 0.2) is 17.5 Å². The molecular weight excluding hydrogens is 340 g/mol. The van der Waals surface area contributed by atoms with Gasteiger partial charge in [0.05, 0.1) is 4.92 Å². The van der Waals surface area contributed by atoms with E-state index in [-0.39, 0.29) is 41.4 Å². The van der Waals surface area contributed by atoms with Gasteiger partial charge in [0.2, 0.25) is 0 Å². The fraction of sp³-hybridized carbons (Fsp3) is 0.438. The lowest BCUT2D eigenvalue weighted by Gasteiger charge is -2.42. The first-order chi connectivity index (χ1) is 11.9. The van der Waals surface area contributed by atoms with Crippen LogP contribution in [0.25, 0.3) is 0 Å². The van der Waals surface area contributed by atoms with Crippen molar-refractivity contribution < 1.29 is 33.1 Å². The number of aliphatic hydroxyl groups excluding tert-OH is 1. The molecule has 0 amide bonds. The Hall–Kier alpha value is -2.55. The first kappa shape index (κ1) is 17.3. The quantitative estimate of drug-likeness (QED) is 0.643. The molecule has 2 aliphatic rings. The zero-order valence-corrected chi connectivity index (χ0v) is 13.0. The van der Waals surface area contributed by atoms with Gasteiger partial charge in [-0.15, -0.1) is 0 Å². The number of rotatable bonds is 5. The molecule has 0 saturated heterocycles. The molecule has 1 N–H and O–H groups in total. The third-order valence-corrected chi connectivity index (χ3v) is 4.32. The number of ketones is 1. The van der Waals surface area contributed by atoms with Crippen molar-refractivity contribution in [1.82, 2.24) is 0 Å². The van der Waals surface area contributed by atoms with Crippen LogP contribution in [0.5, 0.6) is 5.75 Å². The highest BCUT2D eigenvalue weighted by Gasteiger charge is 2.52. The van der Waals surface area contributed by atoms with Gasteiger partial charge in [-0.2, -0.15) is 0 Å². The first-order valence-corrected chi connectivity index (χ1v) is 7.57. The minimum absolute atomic E-state index is 0.0128. The number of ether oxygens (including phenoxy) is 2. The van der Waals surface area contributed by atoms with E-state index in [4.69, 9.17) is 9.47 Å². The minimum atomic E-state index is -2.17. The molecule has 1 aromatic carbocycles. The molecule has 1 heterocycles. The number of fused-ring (bicyclic) bond motifs is 1. The van der Waals surface area contributed by atoms with E-state index in [1.54, 1.807) is 0 Å². The number of carbonyl (C=O) groups is 1. The van der Waals surface area contributed by atoms with Crippen LogP contribution in [0.3, 0.4) is 0 Å². The highest BCUT2D eigenvalue weighted by Crippen LogP contribution is 2.45. The molecule has 9 heteroatoms. The van der Waals surface area contributed by atoms with Crippen LogP contribution in [0, 0.1) is 10.1 Å². The second kappa shape index (κ2) is 6.40. The summed E-state index contributed by atoms with van der Waals surface area (Å²) >= 11 is 0. The van der Waals surface area contributed by atoms with Crippen LogP contribution in [-0.2, 0) is 9.53 Å². The largest absolute Gasteiger partial charge is 0.487 e. The number of nitrogens with zero attached hydrogens (tertiary/aromatic N) is 1. The number of alkyl halides is 2.